The van der Waals surface area contributed by atoms with Crippen molar-refractivity contribution in [2.75, 3.05) is 0 Å². The molecule has 38 heavy (non-hydrogen) atoms. The first-order valence-electron chi connectivity index (χ1n) is 11.8. The molecule has 0 unspecified atom stereocenters. The van der Waals surface area contributed by atoms with Crippen molar-refractivity contribution in [2.24, 2.45) is 5.10 Å². The van der Waals surface area contributed by atoms with Gasteiger partial charge in [-0.25, -0.2) is 10.4 Å². The molecular weight excluding hydrogens is 540 g/mol. The van der Waals surface area contributed by atoms with Gasteiger partial charge in [0, 0.05) is 21.0 Å². The quantitative estimate of drug-likeness (QED) is 0.173. The molecule has 0 aliphatic rings. The van der Waals surface area contributed by atoms with Crippen molar-refractivity contribution >= 4 is 39.0 Å². The SMILES string of the molecule is N#Cc1ccc(COc2ccc(Br)cc2/C=N\NC(=O)c2cc(-c3ccccc3)nc3ccccc23)cc1. The average Bonchev–Trinajstić information content (AvgIpc) is 2.97. The van der Waals surface area contributed by atoms with Crippen molar-refractivity contribution in [1.82, 2.24) is 10.4 Å². The Bertz CT molecular complexity index is 1680. The smallest absolute Gasteiger partial charge is 0.272 e. The third-order valence-electron chi connectivity index (χ3n) is 5.85. The Morgan fingerprint density at radius 3 is 2.53 bits per heavy atom. The number of halogens is 1. The zero-order chi connectivity index (χ0) is 26.3. The molecule has 5 rings (SSSR count). The Kier molecular flexibility index (Phi) is 7.53. The molecule has 1 heterocycles. The molecule has 0 aliphatic heterocycles. The summed E-state index contributed by atoms with van der Waals surface area (Å²) in [7, 11) is 0. The second-order valence-electron chi connectivity index (χ2n) is 8.42. The number of pyridine rings is 1. The molecule has 0 saturated carbocycles. The molecule has 5 aromatic rings. The summed E-state index contributed by atoms with van der Waals surface area (Å²) >= 11 is 3.48. The fourth-order valence-electron chi connectivity index (χ4n) is 3.93. The second-order valence-corrected chi connectivity index (χ2v) is 9.33. The summed E-state index contributed by atoms with van der Waals surface area (Å²) in [6.45, 7) is 0.325. The third kappa shape index (κ3) is 5.77. The van der Waals surface area contributed by atoms with E-state index in [2.05, 4.69) is 32.5 Å². The summed E-state index contributed by atoms with van der Waals surface area (Å²) in [4.78, 5) is 18.0. The van der Waals surface area contributed by atoms with Crippen LogP contribution in [0.4, 0.5) is 0 Å². The molecular formula is C31H21BrN4O2. The van der Waals surface area contributed by atoms with Gasteiger partial charge >= 0.3 is 0 Å². The Morgan fingerprint density at radius 1 is 0.974 bits per heavy atom. The number of nitriles is 1. The molecule has 0 bridgehead atoms. The molecule has 0 atom stereocenters. The van der Waals surface area contributed by atoms with Gasteiger partial charge < -0.3 is 4.74 Å². The topological polar surface area (TPSA) is 87.4 Å². The molecule has 0 saturated heterocycles. The Morgan fingerprint density at radius 2 is 1.74 bits per heavy atom. The van der Waals surface area contributed by atoms with Crippen LogP contribution in [0.2, 0.25) is 0 Å². The Hall–Kier alpha value is -4.80. The van der Waals surface area contributed by atoms with Gasteiger partial charge in [0.1, 0.15) is 12.4 Å². The molecule has 6 nitrogen and oxygen atoms in total. The number of carbonyl (C=O) groups excluding carboxylic acids is 1. The van der Waals surface area contributed by atoms with E-state index in [9.17, 15) is 4.79 Å². The molecule has 0 fully saturated rings. The fraction of sp³-hybridized carbons (Fsp3) is 0.0323. The highest BCUT2D eigenvalue weighted by Crippen LogP contribution is 2.25. The summed E-state index contributed by atoms with van der Waals surface area (Å²) < 4.78 is 6.85. The lowest BCUT2D eigenvalue weighted by molar-refractivity contribution is 0.0956. The molecule has 7 heteroatoms. The van der Waals surface area contributed by atoms with Crippen molar-refractivity contribution in [1.29, 1.82) is 5.26 Å². The minimum atomic E-state index is -0.341. The van der Waals surface area contributed by atoms with Crippen LogP contribution in [0.5, 0.6) is 5.75 Å². The first kappa shape index (κ1) is 24.9. The van der Waals surface area contributed by atoms with E-state index in [1.165, 1.54) is 0 Å². The third-order valence-corrected chi connectivity index (χ3v) is 6.34. The van der Waals surface area contributed by atoms with Crippen LogP contribution < -0.4 is 10.2 Å². The van der Waals surface area contributed by atoms with Crippen molar-refractivity contribution in [3.05, 3.63) is 130 Å². The maximum absolute atomic E-state index is 13.2. The molecule has 0 spiro atoms. The van der Waals surface area contributed by atoms with Gasteiger partial charge in [-0.1, -0.05) is 76.6 Å². The number of hydrogen-bond donors (Lipinski definition) is 1. The standard InChI is InChI=1S/C31H21BrN4O2/c32-25-14-15-30(38-20-22-12-10-21(18-33)11-13-22)24(16-25)19-34-36-31(37)27-17-29(23-6-2-1-3-7-23)35-28-9-5-4-8-26(27)28/h1-17,19H,20H2,(H,36,37)/b34-19-. The molecule has 0 radical (unpaired) electrons. The van der Waals surface area contributed by atoms with Crippen LogP contribution in [0.25, 0.3) is 22.2 Å². The normalized spacial score (nSPS) is 10.8. The number of rotatable bonds is 7. The van der Waals surface area contributed by atoms with Crippen LogP contribution in [0.1, 0.15) is 27.0 Å². The molecule has 0 aliphatic carbocycles. The van der Waals surface area contributed by atoms with E-state index in [1.54, 1.807) is 24.4 Å². The number of fused-ring (bicyclic) bond motifs is 1. The number of aromatic nitrogens is 1. The summed E-state index contributed by atoms with van der Waals surface area (Å²) in [5.41, 5.74) is 7.72. The number of hydrogen-bond acceptors (Lipinski definition) is 5. The van der Waals surface area contributed by atoms with Crippen molar-refractivity contribution in [3.63, 3.8) is 0 Å². The summed E-state index contributed by atoms with van der Waals surface area (Å²) in [6, 6.07) is 34.0. The first-order chi connectivity index (χ1) is 18.6. The van der Waals surface area contributed by atoms with E-state index in [0.29, 0.717) is 34.7 Å². The van der Waals surface area contributed by atoms with Gasteiger partial charge in [-0.05, 0) is 48.0 Å². The molecule has 1 amide bonds. The van der Waals surface area contributed by atoms with Crippen LogP contribution in [-0.2, 0) is 6.61 Å². The highest BCUT2D eigenvalue weighted by Gasteiger charge is 2.14. The molecule has 184 valence electrons. The van der Waals surface area contributed by atoms with E-state index in [0.717, 1.165) is 26.5 Å². The number of ether oxygens (including phenoxy) is 1. The maximum atomic E-state index is 13.2. The van der Waals surface area contributed by atoms with Crippen LogP contribution >= 0.6 is 15.9 Å². The average molecular weight is 561 g/mol. The lowest BCUT2D eigenvalue weighted by atomic mass is 10.0. The fourth-order valence-corrected chi connectivity index (χ4v) is 4.31. The van der Waals surface area contributed by atoms with Gasteiger partial charge in [0.05, 0.1) is 34.6 Å². The minimum Gasteiger partial charge on any atom is -0.488 e. The zero-order valence-electron chi connectivity index (χ0n) is 20.1. The van der Waals surface area contributed by atoms with Crippen molar-refractivity contribution in [2.45, 2.75) is 6.61 Å². The van der Waals surface area contributed by atoms with Crippen LogP contribution in [-0.4, -0.2) is 17.1 Å². The first-order valence-corrected chi connectivity index (χ1v) is 12.6. The Labute approximate surface area is 228 Å². The number of nitrogens with zero attached hydrogens (tertiary/aromatic N) is 3. The van der Waals surface area contributed by atoms with E-state index in [-0.39, 0.29) is 5.91 Å². The van der Waals surface area contributed by atoms with Crippen LogP contribution in [0, 0.1) is 11.3 Å². The van der Waals surface area contributed by atoms with Gasteiger partial charge in [-0.3, -0.25) is 4.79 Å². The summed E-state index contributed by atoms with van der Waals surface area (Å²) in [5.74, 6) is 0.267. The number of hydrazone groups is 1. The monoisotopic (exact) mass is 560 g/mol. The minimum absolute atomic E-state index is 0.325. The number of nitrogens with one attached hydrogen (secondary N) is 1. The maximum Gasteiger partial charge on any atom is 0.272 e. The van der Waals surface area contributed by atoms with Gasteiger partial charge in [-0.2, -0.15) is 10.4 Å². The number of carbonyl (C=O) groups is 1. The molecule has 1 N–H and O–H groups in total. The highest BCUT2D eigenvalue weighted by molar-refractivity contribution is 9.10. The lowest BCUT2D eigenvalue weighted by Gasteiger charge is -2.10. The van der Waals surface area contributed by atoms with Crippen molar-refractivity contribution in [3.8, 4) is 23.1 Å². The predicted molar refractivity (Wildman–Crippen MR) is 152 cm³/mol. The Balaban J connectivity index is 1.36. The van der Waals surface area contributed by atoms with Crippen LogP contribution in [0.3, 0.4) is 0 Å². The lowest BCUT2D eigenvalue weighted by Crippen LogP contribution is -2.18. The number of para-hydroxylation sites is 1. The van der Waals surface area contributed by atoms with Gasteiger partial charge in [0.15, 0.2) is 0 Å². The second kappa shape index (κ2) is 11.5. The number of benzene rings is 4. The van der Waals surface area contributed by atoms with E-state index in [1.807, 2.05) is 84.9 Å². The number of amides is 1. The zero-order valence-corrected chi connectivity index (χ0v) is 21.7. The van der Waals surface area contributed by atoms with Gasteiger partial charge in [-0.15, -0.1) is 0 Å². The van der Waals surface area contributed by atoms with Crippen LogP contribution in [0.15, 0.2) is 113 Å². The predicted octanol–water partition coefficient (Wildman–Crippen LogP) is 6.88. The largest absolute Gasteiger partial charge is 0.488 e. The summed E-state index contributed by atoms with van der Waals surface area (Å²) in [5, 5.41) is 13.9. The molecule has 1 aromatic heterocycles. The van der Waals surface area contributed by atoms with E-state index in [4.69, 9.17) is 15.0 Å². The van der Waals surface area contributed by atoms with E-state index >= 15 is 0 Å². The highest BCUT2D eigenvalue weighted by atomic mass is 79.9. The van der Waals surface area contributed by atoms with Gasteiger partial charge in [0.2, 0.25) is 0 Å². The van der Waals surface area contributed by atoms with Gasteiger partial charge in [0.25, 0.3) is 5.91 Å². The molecule has 4 aromatic carbocycles. The van der Waals surface area contributed by atoms with E-state index < -0.39 is 0 Å². The van der Waals surface area contributed by atoms with Crippen molar-refractivity contribution < 1.29 is 9.53 Å². The summed E-state index contributed by atoms with van der Waals surface area (Å²) in [6.07, 6.45) is 1.55.